The Kier molecular flexibility index (Phi) is 6.80. The van der Waals surface area contributed by atoms with Crippen molar-refractivity contribution in [2.45, 2.75) is 26.2 Å². The molecule has 1 aromatic rings. The molecule has 0 aliphatic carbocycles. The van der Waals surface area contributed by atoms with Crippen molar-refractivity contribution in [1.82, 2.24) is 5.32 Å². The highest BCUT2D eigenvalue weighted by Crippen LogP contribution is 2.09. The number of hydrogen-bond donors (Lipinski definition) is 1. The van der Waals surface area contributed by atoms with Crippen LogP contribution >= 0.6 is 11.8 Å². The van der Waals surface area contributed by atoms with Crippen molar-refractivity contribution in [3.05, 3.63) is 35.1 Å². The number of aryl methyl sites for hydroxylation is 1. The average Bonchev–Trinajstić information content (AvgIpc) is 2.36. The van der Waals surface area contributed by atoms with E-state index in [1.54, 1.807) is 13.0 Å². The zero-order valence-corrected chi connectivity index (χ0v) is 11.8. The summed E-state index contributed by atoms with van der Waals surface area (Å²) in [4.78, 5) is 11.8. The van der Waals surface area contributed by atoms with Gasteiger partial charge in [-0.25, -0.2) is 4.39 Å². The van der Waals surface area contributed by atoms with Crippen molar-refractivity contribution in [3.8, 4) is 0 Å². The van der Waals surface area contributed by atoms with E-state index in [-0.39, 0.29) is 11.7 Å². The second-order valence-corrected chi connectivity index (χ2v) is 5.26. The van der Waals surface area contributed by atoms with Gasteiger partial charge in [-0.05, 0) is 55.5 Å². The summed E-state index contributed by atoms with van der Waals surface area (Å²) in [6.07, 6.45) is 5.40. The summed E-state index contributed by atoms with van der Waals surface area (Å²) >= 11 is 1.84. The maximum absolute atomic E-state index is 13.1. The molecule has 2 nitrogen and oxygen atoms in total. The van der Waals surface area contributed by atoms with E-state index < -0.39 is 0 Å². The highest BCUT2D eigenvalue weighted by molar-refractivity contribution is 7.98. The van der Waals surface area contributed by atoms with Gasteiger partial charge in [0.05, 0.1) is 0 Å². The van der Waals surface area contributed by atoms with Crippen LogP contribution in [0, 0.1) is 12.7 Å². The van der Waals surface area contributed by atoms with Gasteiger partial charge in [-0.2, -0.15) is 11.8 Å². The zero-order chi connectivity index (χ0) is 13.4. The van der Waals surface area contributed by atoms with E-state index in [4.69, 9.17) is 0 Å². The SMILES string of the molecule is CSCCCCCNC(=O)c1ccc(F)c(C)c1. The molecule has 1 amide bonds. The molecule has 0 fully saturated rings. The summed E-state index contributed by atoms with van der Waals surface area (Å²) in [6.45, 7) is 2.35. The Hall–Kier alpha value is -1.03. The predicted molar refractivity (Wildman–Crippen MR) is 75.7 cm³/mol. The Morgan fingerprint density at radius 3 is 2.78 bits per heavy atom. The van der Waals surface area contributed by atoms with Gasteiger partial charge in [-0.15, -0.1) is 0 Å². The Balaban J connectivity index is 2.30. The van der Waals surface area contributed by atoms with Crippen LogP contribution in [0.3, 0.4) is 0 Å². The molecule has 0 unspecified atom stereocenters. The smallest absolute Gasteiger partial charge is 0.251 e. The first kappa shape index (κ1) is 15.0. The van der Waals surface area contributed by atoms with Crippen molar-refractivity contribution in [3.63, 3.8) is 0 Å². The minimum absolute atomic E-state index is 0.122. The van der Waals surface area contributed by atoms with Crippen molar-refractivity contribution in [2.24, 2.45) is 0 Å². The number of carbonyl (C=O) groups excluding carboxylic acids is 1. The molecule has 0 radical (unpaired) electrons. The number of unbranched alkanes of at least 4 members (excludes halogenated alkanes) is 2. The molecule has 0 atom stereocenters. The normalized spacial score (nSPS) is 10.4. The molecule has 0 bridgehead atoms. The third-order valence-electron chi connectivity index (χ3n) is 2.73. The molecular formula is C14H20FNOS. The van der Waals surface area contributed by atoms with Crippen LogP contribution in [0.15, 0.2) is 18.2 Å². The first-order valence-corrected chi connectivity index (χ1v) is 7.58. The first-order valence-electron chi connectivity index (χ1n) is 6.18. The van der Waals surface area contributed by atoms with E-state index >= 15 is 0 Å². The number of carbonyl (C=O) groups is 1. The topological polar surface area (TPSA) is 29.1 Å². The van der Waals surface area contributed by atoms with E-state index in [0.717, 1.165) is 12.8 Å². The fraction of sp³-hybridized carbons (Fsp3) is 0.500. The molecular weight excluding hydrogens is 249 g/mol. The van der Waals surface area contributed by atoms with Crippen LogP contribution in [0.4, 0.5) is 4.39 Å². The van der Waals surface area contributed by atoms with Gasteiger partial charge < -0.3 is 5.32 Å². The highest BCUT2D eigenvalue weighted by Gasteiger charge is 2.06. The summed E-state index contributed by atoms with van der Waals surface area (Å²) in [6, 6.07) is 4.44. The molecule has 0 aliphatic heterocycles. The largest absolute Gasteiger partial charge is 0.352 e. The Labute approximate surface area is 112 Å². The van der Waals surface area contributed by atoms with Crippen molar-refractivity contribution in [1.29, 1.82) is 0 Å². The van der Waals surface area contributed by atoms with Crippen molar-refractivity contribution < 1.29 is 9.18 Å². The maximum Gasteiger partial charge on any atom is 0.251 e. The van der Waals surface area contributed by atoms with E-state index in [1.165, 1.54) is 24.3 Å². The van der Waals surface area contributed by atoms with Crippen LogP contribution in [-0.4, -0.2) is 24.5 Å². The lowest BCUT2D eigenvalue weighted by Crippen LogP contribution is -2.24. The van der Waals surface area contributed by atoms with Crippen LogP contribution in [0.2, 0.25) is 0 Å². The Morgan fingerprint density at radius 2 is 2.11 bits per heavy atom. The lowest BCUT2D eigenvalue weighted by atomic mass is 10.1. The van der Waals surface area contributed by atoms with E-state index in [0.29, 0.717) is 17.7 Å². The van der Waals surface area contributed by atoms with Gasteiger partial charge >= 0.3 is 0 Å². The molecule has 100 valence electrons. The number of thioether (sulfide) groups is 1. The number of nitrogens with one attached hydrogen (secondary N) is 1. The molecule has 0 spiro atoms. The molecule has 0 heterocycles. The van der Waals surface area contributed by atoms with Crippen molar-refractivity contribution in [2.75, 3.05) is 18.6 Å². The molecule has 0 aromatic heterocycles. The monoisotopic (exact) mass is 269 g/mol. The quantitative estimate of drug-likeness (QED) is 0.769. The molecule has 0 aliphatic rings. The van der Waals surface area contributed by atoms with Gasteiger partial charge in [0.2, 0.25) is 0 Å². The van der Waals surface area contributed by atoms with Gasteiger partial charge in [0, 0.05) is 12.1 Å². The fourth-order valence-corrected chi connectivity index (χ4v) is 2.13. The maximum atomic E-state index is 13.1. The predicted octanol–water partition coefficient (Wildman–Crippen LogP) is 3.40. The van der Waals surface area contributed by atoms with Crippen molar-refractivity contribution >= 4 is 17.7 Å². The van der Waals surface area contributed by atoms with Gasteiger partial charge in [-0.3, -0.25) is 4.79 Å². The van der Waals surface area contributed by atoms with Gasteiger partial charge in [0.15, 0.2) is 0 Å². The Bertz CT molecular complexity index is 395. The van der Waals surface area contributed by atoms with Gasteiger partial charge in [0.1, 0.15) is 5.82 Å². The first-order chi connectivity index (χ1) is 8.65. The van der Waals surface area contributed by atoms with E-state index in [2.05, 4.69) is 11.6 Å². The molecule has 1 rings (SSSR count). The summed E-state index contributed by atoms with van der Waals surface area (Å²) in [5.41, 5.74) is 1.03. The third-order valence-corrected chi connectivity index (χ3v) is 3.43. The lowest BCUT2D eigenvalue weighted by Gasteiger charge is -2.06. The van der Waals surface area contributed by atoms with Gasteiger partial charge in [-0.1, -0.05) is 6.42 Å². The summed E-state index contributed by atoms with van der Waals surface area (Å²) in [7, 11) is 0. The second kappa shape index (κ2) is 8.14. The van der Waals surface area contributed by atoms with Crippen LogP contribution in [-0.2, 0) is 0 Å². The van der Waals surface area contributed by atoms with E-state index in [9.17, 15) is 9.18 Å². The summed E-state index contributed by atoms with van der Waals surface area (Å²) in [5.74, 6) is 0.775. The number of hydrogen-bond acceptors (Lipinski definition) is 2. The molecule has 18 heavy (non-hydrogen) atoms. The fourth-order valence-electron chi connectivity index (χ4n) is 1.64. The highest BCUT2D eigenvalue weighted by atomic mass is 32.2. The Morgan fingerprint density at radius 1 is 1.33 bits per heavy atom. The van der Waals surface area contributed by atoms with Crippen LogP contribution in [0.5, 0.6) is 0 Å². The number of rotatable bonds is 7. The molecule has 0 saturated carbocycles. The summed E-state index contributed by atoms with van der Waals surface area (Å²) in [5, 5.41) is 2.85. The number of halogens is 1. The second-order valence-electron chi connectivity index (χ2n) is 4.27. The van der Waals surface area contributed by atoms with Crippen LogP contribution in [0.25, 0.3) is 0 Å². The number of benzene rings is 1. The standard InChI is InChI=1S/C14H20FNOS/c1-11-10-12(6-7-13(11)15)14(17)16-8-4-3-5-9-18-2/h6-7,10H,3-5,8-9H2,1-2H3,(H,16,17). The molecule has 4 heteroatoms. The minimum Gasteiger partial charge on any atom is -0.352 e. The lowest BCUT2D eigenvalue weighted by molar-refractivity contribution is 0.0953. The zero-order valence-electron chi connectivity index (χ0n) is 11.0. The van der Waals surface area contributed by atoms with E-state index in [1.807, 2.05) is 11.8 Å². The van der Waals surface area contributed by atoms with Crippen LogP contribution < -0.4 is 5.32 Å². The van der Waals surface area contributed by atoms with Crippen LogP contribution in [0.1, 0.15) is 35.2 Å². The third kappa shape index (κ3) is 5.08. The minimum atomic E-state index is -0.274. The van der Waals surface area contributed by atoms with Gasteiger partial charge in [0.25, 0.3) is 5.91 Å². The molecule has 1 N–H and O–H groups in total. The summed E-state index contributed by atoms with van der Waals surface area (Å²) < 4.78 is 13.1. The molecule has 1 aromatic carbocycles. The number of amides is 1. The average molecular weight is 269 g/mol. The molecule has 0 saturated heterocycles.